The molecule has 0 radical (unpaired) electrons. The van der Waals surface area contributed by atoms with Gasteiger partial charge in [-0.05, 0) is 43.2 Å². The Hall–Kier alpha value is -1.98. The van der Waals surface area contributed by atoms with Crippen LogP contribution in [0.5, 0.6) is 0 Å². The van der Waals surface area contributed by atoms with E-state index in [9.17, 15) is 13.2 Å². The largest absolute Gasteiger partial charge is 0.403 e. The first kappa shape index (κ1) is 21.3. The van der Waals surface area contributed by atoms with Crippen LogP contribution >= 0.6 is 34.5 Å². The van der Waals surface area contributed by atoms with Gasteiger partial charge in [-0.25, -0.2) is 8.42 Å². The summed E-state index contributed by atoms with van der Waals surface area (Å²) < 4.78 is 32.8. The average Bonchev–Trinajstić information content (AvgIpc) is 3.37. The van der Waals surface area contributed by atoms with Crippen LogP contribution in [-0.2, 0) is 14.8 Å². The van der Waals surface area contributed by atoms with Crippen molar-refractivity contribution >= 4 is 56.5 Å². The van der Waals surface area contributed by atoms with E-state index in [4.69, 9.17) is 27.6 Å². The SMILES string of the molecule is O=C(Nc1nnc(-c2cccc(Cl)c2)o1)C1CCN(S(=O)(=O)c2ccc(Cl)s2)CC1. The molecule has 1 aromatic carbocycles. The molecule has 12 heteroatoms. The summed E-state index contributed by atoms with van der Waals surface area (Å²) in [5.74, 6) is -0.402. The third-order valence-electron chi connectivity index (χ3n) is 4.69. The van der Waals surface area contributed by atoms with Gasteiger partial charge >= 0.3 is 6.01 Å². The average molecular weight is 487 g/mol. The first-order valence-electron chi connectivity index (χ1n) is 8.99. The van der Waals surface area contributed by atoms with Crippen molar-refractivity contribution in [1.82, 2.24) is 14.5 Å². The van der Waals surface area contributed by atoms with E-state index in [2.05, 4.69) is 15.5 Å². The van der Waals surface area contributed by atoms with E-state index in [1.54, 1.807) is 30.3 Å². The van der Waals surface area contributed by atoms with Crippen LogP contribution in [-0.4, -0.2) is 41.9 Å². The van der Waals surface area contributed by atoms with Crippen LogP contribution in [0, 0.1) is 5.92 Å². The summed E-state index contributed by atoms with van der Waals surface area (Å²) in [6.45, 7) is 0.487. The van der Waals surface area contributed by atoms with Crippen molar-refractivity contribution in [2.45, 2.75) is 17.1 Å². The Labute approximate surface area is 186 Å². The number of hydrogen-bond donors (Lipinski definition) is 1. The second kappa shape index (κ2) is 8.64. The number of rotatable bonds is 5. The zero-order valence-electron chi connectivity index (χ0n) is 15.4. The molecule has 1 amide bonds. The molecule has 3 aromatic rings. The number of piperidine rings is 1. The predicted molar refractivity (Wildman–Crippen MR) is 114 cm³/mol. The number of carbonyl (C=O) groups is 1. The maximum Gasteiger partial charge on any atom is 0.322 e. The lowest BCUT2D eigenvalue weighted by Crippen LogP contribution is -2.41. The fourth-order valence-electron chi connectivity index (χ4n) is 3.14. The Balaban J connectivity index is 1.36. The van der Waals surface area contributed by atoms with Crippen LogP contribution < -0.4 is 5.32 Å². The van der Waals surface area contributed by atoms with Crippen LogP contribution in [0.3, 0.4) is 0 Å². The summed E-state index contributed by atoms with van der Waals surface area (Å²) >= 11 is 12.8. The Morgan fingerprint density at radius 2 is 1.93 bits per heavy atom. The maximum atomic E-state index is 12.7. The topological polar surface area (TPSA) is 105 Å². The molecular formula is C18H16Cl2N4O4S2. The normalized spacial score (nSPS) is 15.9. The minimum absolute atomic E-state index is 0.0155. The highest BCUT2D eigenvalue weighted by Gasteiger charge is 2.33. The Kier molecular flexibility index (Phi) is 6.12. The Morgan fingerprint density at radius 3 is 2.60 bits per heavy atom. The van der Waals surface area contributed by atoms with Gasteiger partial charge in [0.1, 0.15) is 4.21 Å². The molecule has 1 fully saturated rings. The molecular weight excluding hydrogens is 471 g/mol. The van der Waals surface area contributed by atoms with Gasteiger partial charge in [-0.15, -0.1) is 16.4 Å². The zero-order chi connectivity index (χ0) is 21.3. The number of aromatic nitrogens is 2. The molecule has 0 aliphatic carbocycles. The summed E-state index contributed by atoms with van der Waals surface area (Å²) in [7, 11) is -3.60. The van der Waals surface area contributed by atoms with E-state index in [0.717, 1.165) is 11.3 Å². The minimum Gasteiger partial charge on any atom is -0.403 e. The maximum absolute atomic E-state index is 12.7. The summed E-state index contributed by atoms with van der Waals surface area (Å²) in [5, 5.41) is 10.9. The van der Waals surface area contributed by atoms with Crippen LogP contribution in [0.15, 0.2) is 45.0 Å². The van der Waals surface area contributed by atoms with Crippen molar-refractivity contribution in [1.29, 1.82) is 0 Å². The van der Waals surface area contributed by atoms with E-state index in [-0.39, 0.29) is 41.0 Å². The molecule has 158 valence electrons. The third kappa shape index (κ3) is 4.52. The Morgan fingerprint density at radius 1 is 1.17 bits per heavy atom. The summed E-state index contributed by atoms with van der Waals surface area (Å²) in [5.41, 5.74) is 0.641. The highest BCUT2D eigenvalue weighted by atomic mass is 35.5. The van der Waals surface area contributed by atoms with Crippen molar-refractivity contribution in [2.24, 2.45) is 5.92 Å². The lowest BCUT2D eigenvalue weighted by atomic mass is 9.97. The van der Waals surface area contributed by atoms with Crippen LogP contribution in [0.2, 0.25) is 9.36 Å². The quantitative estimate of drug-likeness (QED) is 0.580. The molecule has 2 aromatic heterocycles. The molecule has 0 saturated carbocycles. The van der Waals surface area contributed by atoms with Crippen molar-refractivity contribution < 1.29 is 17.6 Å². The van der Waals surface area contributed by atoms with Crippen molar-refractivity contribution in [3.63, 3.8) is 0 Å². The Bertz CT molecular complexity index is 1170. The van der Waals surface area contributed by atoms with Gasteiger partial charge in [0.25, 0.3) is 10.0 Å². The molecule has 0 spiro atoms. The predicted octanol–water partition coefficient (Wildman–Crippen LogP) is 4.14. The number of hydrogen-bond acceptors (Lipinski definition) is 7. The molecule has 1 aliphatic heterocycles. The van der Waals surface area contributed by atoms with Gasteiger partial charge in [0.2, 0.25) is 11.8 Å². The van der Waals surface area contributed by atoms with Gasteiger partial charge in [0, 0.05) is 29.6 Å². The molecule has 30 heavy (non-hydrogen) atoms. The van der Waals surface area contributed by atoms with Crippen LogP contribution in [0.4, 0.5) is 6.01 Å². The summed E-state index contributed by atoms with van der Waals surface area (Å²) in [6, 6.07) is 9.96. The fraction of sp³-hybridized carbons (Fsp3) is 0.278. The smallest absolute Gasteiger partial charge is 0.322 e. The van der Waals surface area contributed by atoms with E-state index in [1.807, 2.05) is 0 Å². The second-order valence-electron chi connectivity index (χ2n) is 6.65. The lowest BCUT2D eigenvalue weighted by Gasteiger charge is -2.29. The first-order valence-corrected chi connectivity index (χ1v) is 12.0. The second-order valence-corrected chi connectivity index (χ2v) is 11.0. The van der Waals surface area contributed by atoms with Gasteiger partial charge in [-0.3, -0.25) is 10.1 Å². The summed E-state index contributed by atoms with van der Waals surface area (Å²) in [4.78, 5) is 12.6. The van der Waals surface area contributed by atoms with Crippen LogP contribution in [0.25, 0.3) is 11.5 Å². The van der Waals surface area contributed by atoms with Gasteiger partial charge in [0.15, 0.2) is 0 Å². The van der Waals surface area contributed by atoms with Crippen molar-refractivity contribution in [2.75, 3.05) is 18.4 Å². The summed E-state index contributed by atoms with van der Waals surface area (Å²) in [6.07, 6.45) is 0.777. The number of nitrogens with zero attached hydrogens (tertiary/aromatic N) is 3. The minimum atomic E-state index is -3.60. The van der Waals surface area contributed by atoms with Gasteiger partial charge in [0.05, 0.1) is 4.34 Å². The van der Waals surface area contributed by atoms with Gasteiger partial charge in [-0.1, -0.05) is 34.4 Å². The number of thiophene rings is 1. The molecule has 1 aliphatic rings. The number of carbonyl (C=O) groups excluding carboxylic acids is 1. The standard InChI is InChI=1S/C18H16Cl2N4O4S2/c19-13-3-1-2-12(10-13)17-22-23-18(28-17)21-16(25)11-6-8-24(9-7-11)30(26,27)15-5-4-14(20)29-15/h1-5,10-11H,6-9H2,(H,21,23,25). The highest BCUT2D eigenvalue weighted by molar-refractivity contribution is 7.91. The molecule has 4 rings (SSSR count). The molecule has 3 heterocycles. The molecule has 0 unspecified atom stereocenters. The molecule has 1 saturated heterocycles. The number of amides is 1. The van der Waals surface area contributed by atoms with Crippen molar-refractivity contribution in [3.05, 3.63) is 45.8 Å². The van der Waals surface area contributed by atoms with E-state index >= 15 is 0 Å². The van der Waals surface area contributed by atoms with E-state index in [0.29, 0.717) is 27.8 Å². The van der Waals surface area contributed by atoms with Gasteiger partial charge in [-0.2, -0.15) is 4.31 Å². The monoisotopic (exact) mass is 486 g/mol. The van der Waals surface area contributed by atoms with Gasteiger partial charge < -0.3 is 4.42 Å². The zero-order valence-corrected chi connectivity index (χ0v) is 18.6. The van der Waals surface area contributed by atoms with Crippen LogP contribution in [0.1, 0.15) is 12.8 Å². The highest BCUT2D eigenvalue weighted by Crippen LogP contribution is 2.31. The number of anilines is 1. The molecule has 0 atom stereocenters. The van der Waals surface area contributed by atoms with Crippen molar-refractivity contribution in [3.8, 4) is 11.5 Å². The fourth-order valence-corrected chi connectivity index (χ4v) is 6.44. The number of nitrogens with one attached hydrogen (secondary N) is 1. The van der Waals surface area contributed by atoms with E-state index < -0.39 is 10.0 Å². The van der Waals surface area contributed by atoms with E-state index in [1.165, 1.54) is 10.4 Å². The number of sulfonamides is 1. The first-order chi connectivity index (χ1) is 14.3. The molecule has 0 bridgehead atoms. The molecule has 8 nitrogen and oxygen atoms in total. The number of halogens is 2. The molecule has 1 N–H and O–H groups in total. The lowest BCUT2D eigenvalue weighted by molar-refractivity contribution is -0.121. The number of benzene rings is 1. The third-order valence-corrected chi connectivity index (χ3v) is 8.53.